The Morgan fingerprint density at radius 3 is 2.64 bits per heavy atom. The number of fused-ring (bicyclic) bond motifs is 2. The van der Waals surface area contributed by atoms with E-state index in [0.29, 0.717) is 28.9 Å². The zero-order chi connectivity index (χ0) is 19.7. The van der Waals surface area contributed by atoms with E-state index >= 15 is 0 Å². The van der Waals surface area contributed by atoms with E-state index in [-0.39, 0.29) is 23.3 Å². The molecule has 0 atom stereocenters. The average molecular weight is 373 g/mol. The summed E-state index contributed by atoms with van der Waals surface area (Å²) in [5.41, 5.74) is 2.24. The van der Waals surface area contributed by atoms with Crippen LogP contribution in [0.4, 0.5) is 5.69 Å². The Labute approximate surface area is 162 Å². The van der Waals surface area contributed by atoms with Gasteiger partial charge in [-0.3, -0.25) is 24.3 Å². The second-order valence-corrected chi connectivity index (χ2v) is 6.71. The molecule has 6 heteroatoms. The highest BCUT2D eigenvalue weighted by atomic mass is 16.2. The first-order valence-electron chi connectivity index (χ1n) is 9.25. The molecule has 6 nitrogen and oxygen atoms in total. The Morgan fingerprint density at radius 1 is 1.04 bits per heavy atom. The van der Waals surface area contributed by atoms with Gasteiger partial charge in [-0.1, -0.05) is 31.5 Å². The van der Waals surface area contributed by atoms with E-state index < -0.39 is 0 Å². The summed E-state index contributed by atoms with van der Waals surface area (Å²) < 4.78 is 0. The van der Waals surface area contributed by atoms with Crippen LogP contribution in [-0.4, -0.2) is 34.2 Å². The lowest BCUT2D eigenvalue weighted by Crippen LogP contribution is -2.30. The van der Waals surface area contributed by atoms with Crippen molar-refractivity contribution in [2.75, 3.05) is 11.9 Å². The van der Waals surface area contributed by atoms with E-state index in [0.717, 1.165) is 18.2 Å². The predicted molar refractivity (Wildman–Crippen MR) is 106 cm³/mol. The topological polar surface area (TPSA) is 79.4 Å². The number of rotatable bonds is 5. The Hall–Kier alpha value is -3.54. The number of imide groups is 1. The third-order valence-electron chi connectivity index (χ3n) is 4.85. The molecular formula is C22H19N3O3. The summed E-state index contributed by atoms with van der Waals surface area (Å²) >= 11 is 0. The third kappa shape index (κ3) is 3.03. The summed E-state index contributed by atoms with van der Waals surface area (Å²) in [5, 5.41) is 3.77. The van der Waals surface area contributed by atoms with Crippen molar-refractivity contribution in [2.45, 2.75) is 19.8 Å². The van der Waals surface area contributed by atoms with E-state index in [1.165, 1.54) is 11.0 Å². The summed E-state index contributed by atoms with van der Waals surface area (Å²) in [6.45, 7) is 2.40. The number of nitrogens with zero attached hydrogens (tertiary/aromatic N) is 2. The fraction of sp³-hybridized carbons (Fsp3) is 0.182. The minimum absolute atomic E-state index is 0.282. The molecule has 3 amide bonds. The third-order valence-corrected chi connectivity index (χ3v) is 4.85. The molecule has 1 aliphatic rings. The number of para-hydroxylation sites is 1. The van der Waals surface area contributed by atoms with Crippen molar-refractivity contribution in [2.24, 2.45) is 0 Å². The van der Waals surface area contributed by atoms with Crippen LogP contribution in [0.1, 0.15) is 50.8 Å². The number of aromatic nitrogens is 1. The summed E-state index contributed by atoms with van der Waals surface area (Å²) in [6, 6.07) is 13.9. The second kappa shape index (κ2) is 7.23. The standard InChI is InChI=1S/C22H19N3O3/c1-2-3-12-25-21(27)16-10-9-15(13-17(16)22(25)28)20(26)24-18-8-4-6-14-7-5-11-23-19(14)18/h4-11,13H,2-3,12H2,1H3,(H,24,26). The number of anilines is 1. The zero-order valence-electron chi connectivity index (χ0n) is 15.4. The number of carbonyl (C=O) groups is 3. The summed E-state index contributed by atoms with van der Waals surface area (Å²) in [5.74, 6) is -0.984. The Kier molecular flexibility index (Phi) is 4.61. The van der Waals surface area contributed by atoms with E-state index in [9.17, 15) is 14.4 Å². The molecule has 1 aliphatic heterocycles. The maximum Gasteiger partial charge on any atom is 0.261 e. The van der Waals surface area contributed by atoms with Crippen molar-refractivity contribution in [1.29, 1.82) is 0 Å². The highest BCUT2D eigenvalue weighted by molar-refractivity contribution is 6.22. The first-order chi connectivity index (χ1) is 13.6. The average Bonchev–Trinajstić information content (AvgIpc) is 2.96. The fourth-order valence-electron chi connectivity index (χ4n) is 3.35. The predicted octanol–water partition coefficient (Wildman–Crippen LogP) is 3.88. The first-order valence-corrected chi connectivity index (χ1v) is 9.25. The van der Waals surface area contributed by atoms with Gasteiger partial charge in [0.2, 0.25) is 0 Å². The number of pyridine rings is 1. The van der Waals surface area contributed by atoms with Crippen molar-refractivity contribution in [1.82, 2.24) is 9.88 Å². The van der Waals surface area contributed by atoms with Crippen LogP contribution >= 0.6 is 0 Å². The highest BCUT2D eigenvalue weighted by Crippen LogP contribution is 2.26. The maximum absolute atomic E-state index is 12.8. The molecule has 2 aromatic carbocycles. The van der Waals surface area contributed by atoms with Gasteiger partial charge in [0.05, 0.1) is 22.3 Å². The lowest BCUT2D eigenvalue weighted by atomic mass is 10.1. The van der Waals surface area contributed by atoms with E-state index in [1.807, 2.05) is 31.2 Å². The molecule has 28 heavy (non-hydrogen) atoms. The lowest BCUT2D eigenvalue weighted by molar-refractivity contribution is 0.0652. The molecule has 0 spiro atoms. The molecule has 0 aliphatic carbocycles. The van der Waals surface area contributed by atoms with Gasteiger partial charge in [0.1, 0.15) is 0 Å². The van der Waals surface area contributed by atoms with Gasteiger partial charge in [0, 0.05) is 23.7 Å². The van der Waals surface area contributed by atoms with Crippen LogP contribution in [0.2, 0.25) is 0 Å². The van der Waals surface area contributed by atoms with Crippen molar-refractivity contribution in [3.8, 4) is 0 Å². The molecule has 1 aromatic heterocycles. The molecule has 3 aromatic rings. The molecule has 2 heterocycles. The van der Waals surface area contributed by atoms with Crippen molar-refractivity contribution >= 4 is 34.3 Å². The monoisotopic (exact) mass is 373 g/mol. The van der Waals surface area contributed by atoms with Crippen molar-refractivity contribution in [3.63, 3.8) is 0 Å². The first kappa shape index (κ1) is 17.9. The molecular weight excluding hydrogens is 354 g/mol. The molecule has 0 unspecified atom stereocenters. The number of hydrogen-bond donors (Lipinski definition) is 1. The molecule has 4 rings (SSSR count). The van der Waals surface area contributed by atoms with Gasteiger partial charge >= 0.3 is 0 Å². The van der Waals surface area contributed by atoms with Crippen LogP contribution in [0.25, 0.3) is 10.9 Å². The van der Waals surface area contributed by atoms with Crippen LogP contribution in [-0.2, 0) is 0 Å². The van der Waals surface area contributed by atoms with Crippen LogP contribution in [0.5, 0.6) is 0 Å². The Morgan fingerprint density at radius 2 is 1.82 bits per heavy atom. The molecule has 140 valence electrons. The normalized spacial score (nSPS) is 13.1. The van der Waals surface area contributed by atoms with Gasteiger partial charge in [-0.2, -0.15) is 0 Å². The summed E-state index contributed by atoms with van der Waals surface area (Å²) in [4.78, 5) is 43.3. The smallest absolute Gasteiger partial charge is 0.261 e. The minimum Gasteiger partial charge on any atom is -0.320 e. The second-order valence-electron chi connectivity index (χ2n) is 6.71. The number of amides is 3. The SMILES string of the molecule is CCCCN1C(=O)c2ccc(C(=O)Nc3cccc4cccnc34)cc2C1=O. The Bertz CT molecular complexity index is 1100. The Balaban J connectivity index is 1.61. The fourth-order valence-corrected chi connectivity index (χ4v) is 3.35. The minimum atomic E-state index is -0.354. The van der Waals surface area contributed by atoms with Gasteiger partial charge in [-0.25, -0.2) is 0 Å². The molecule has 0 saturated carbocycles. The van der Waals surface area contributed by atoms with Crippen LogP contribution in [0, 0.1) is 0 Å². The molecule has 0 saturated heterocycles. The molecule has 1 N–H and O–H groups in total. The number of carbonyl (C=O) groups excluding carboxylic acids is 3. The molecule has 0 bridgehead atoms. The zero-order valence-corrected chi connectivity index (χ0v) is 15.4. The molecule has 0 radical (unpaired) electrons. The summed E-state index contributed by atoms with van der Waals surface area (Å²) in [6.07, 6.45) is 3.32. The quantitative estimate of drug-likeness (QED) is 0.688. The van der Waals surface area contributed by atoms with Crippen LogP contribution in [0.3, 0.4) is 0 Å². The van der Waals surface area contributed by atoms with Gasteiger partial charge in [-0.15, -0.1) is 0 Å². The number of hydrogen-bond acceptors (Lipinski definition) is 4. The highest BCUT2D eigenvalue weighted by Gasteiger charge is 2.35. The maximum atomic E-state index is 12.8. The van der Waals surface area contributed by atoms with E-state index in [1.54, 1.807) is 24.4 Å². The van der Waals surface area contributed by atoms with Crippen molar-refractivity contribution < 1.29 is 14.4 Å². The number of benzene rings is 2. The largest absolute Gasteiger partial charge is 0.320 e. The number of unbranched alkanes of at least 4 members (excludes halogenated alkanes) is 1. The van der Waals surface area contributed by atoms with Crippen LogP contribution in [0.15, 0.2) is 54.7 Å². The summed E-state index contributed by atoms with van der Waals surface area (Å²) in [7, 11) is 0. The van der Waals surface area contributed by atoms with Gasteiger partial charge in [0.25, 0.3) is 17.7 Å². The van der Waals surface area contributed by atoms with Gasteiger partial charge in [-0.05, 0) is 36.8 Å². The van der Waals surface area contributed by atoms with E-state index in [4.69, 9.17) is 0 Å². The lowest BCUT2D eigenvalue weighted by Gasteiger charge is -2.12. The van der Waals surface area contributed by atoms with Crippen LogP contribution < -0.4 is 5.32 Å². The number of nitrogens with one attached hydrogen (secondary N) is 1. The molecule has 0 fully saturated rings. The van der Waals surface area contributed by atoms with Gasteiger partial charge < -0.3 is 5.32 Å². The van der Waals surface area contributed by atoms with E-state index in [2.05, 4.69) is 10.3 Å². The van der Waals surface area contributed by atoms with Crippen molar-refractivity contribution in [3.05, 3.63) is 71.4 Å². The van der Waals surface area contributed by atoms with Gasteiger partial charge in [0.15, 0.2) is 0 Å².